The van der Waals surface area contributed by atoms with E-state index in [2.05, 4.69) is 10.2 Å². The van der Waals surface area contributed by atoms with Crippen molar-refractivity contribution in [2.75, 3.05) is 0 Å². The first-order valence-corrected chi connectivity index (χ1v) is 11.8. The quantitative estimate of drug-likeness (QED) is 0.383. The minimum absolute atomic E-state index is 0.0701. The summed E-state index contributed by atoms with van der Waals surface area (Å²) in [6.07, 6.45) is 7.68. The van der Waals surface area contributed by atoms with Gasteiger partial charge in [0.15, 0.2) is 11.5 Å². The van der Waals surface area contributed by atoms with Gasteiger partial charge in [0, 0.05) is 10.4 Å². The predicted molar refractivity (Wildman–Crippen MR) is 118 cm³/mol. The number of hydrogen-bond donors (Lipinski definition) is 0. The van der Waals surface area contributed by atoms with E-state index >= 15 is 0 Å². The van der Waals surface area contributed by atoms with Gasteiger partial charge in [0.05, 0.1) is 10.0 Å². The van der Waals surface area contributed by atoms with Gasteiger partial charge in [-0.15, -0.1) is 10.2 Å². The molecule has 1 aromatic carbocycles. The number of aromatic nitrogens is 2. The normalized spacial score (nSPS) is 28.9. The second-order valence-corrected chi connectivity index (χ2v) is 10.6. The summed E-state index contributed by atoms with van der Waals surface area (Å²) in [7, 11) is 0. The molecule has 7 rings (SSSR count). The summed E-state index contributed by atoms with van der Waals surface area (Å²) >= 11 is 18.3. The molecule has 4 aliphatic carbocycles. The third-order valence-electron chi connectivity index (χ3n) is 7.11. The third kappa shape index (κ3) is 3.55. The maximum Gasteiger partial charge on any atom is 0.283 e. The van der Waals surface area contributed by atoms with Crippen molar-refractivity contribution in [2.24, 2.45) is 17.8 Å². The molecule has 0 unspecified atom stereocenters. The van der Waals surface area contributed by atoms with E-state index in [0.717, 1.165) is 23.6 Å². The Labute approximate surface area is 195 Å². The zero-order chi connectivity index (χ0) is 21.2. The second kappa shape index (κ2) is 7.43. The van der Waals surface area contributed by atoms with Crippen molar-refractivity contribution < 1.29 is 13.6 Å². The van der Waals surface area contributed by atoms with Crippen molar-refractivity contribution >= 4 is 34.8 Å². The minimum Gasteiger partial charge on any atom is -0.483 e. The lowest BCUT2D eigenvalue weighted by Crippen LogP contribution is -2.48. The van der Waals surface area contributed by atoms with E-state index in [-0.39, 0.29) is 12.0 Å². The van der Waals surface area contributed by atoms with Crippen LogP contribution in [0.3, 0.4) is 0 Å². The number of benzene rings is 1. The molecule has 4 bridgehead atoms. The highest BCUT2D eigenvalue weighted by Crippen LogP contribution is 2.60. The highest BCUT2D eigenvalue weighted by atomic mass is 35.5. The Hall–Kier alpha value is -1.69. The van der Waals surface area contributed by atoms with Gasteiger partial charge in [-0.25, -0.2) is 0 Å². The zero-order valence-electron chi connectivity index (χ0n) is 16.7. The Morgan fingerprint density at radius 3 is 2.19 bits per heavy atom. The highest BCUT2D eigenvalue weighted by Gasteiger charge is 2.54. The maximum atomic E-state index is 6.18. The SMILES string of the molecule is Clc1cc(Cl)c(OCc2ccc(-c3nnc(C45CC6CC(CC(C6)C4)C5)o3)o2)c(Cl)c1. The molecule has 0 spiro atoms. The summed E-state index contributed by atoms with van der Waals surface area (Å²) in [5, 5.41) is 9.92. The molecular weight excluding hydrogens is 459 g/mol. The number of hydrogen-bond acceptors (Lipinski definition) is 5. The summed E-state index contributed by atoms with van der Waals surface area (Å²) in [6, 6.07) is 6.81. The highest BCUT2D eigenvalue weighted by molar-refractivity contribution is 6.40. The van der Waals surface area contributed by atoms with Crippen LogP contribution in [-0.4, -0.2) is 10.2 Å². The topological polar surface area (TPSA) is 61.3 Å². The molecule has 5 nitrogen and oxygen atoms in total. The number of rotatable bonds is 5. The van der Waals surface area contributed by atoms with Crippen LogP contribution in [0, 0.1) is 17.8 Å². The van der Waals surface area contributed by atoms with E-state index < -0.39 is 0 Å². The van der Waals surface area contributed by atoms with Crippen LogP contribution < -0.4 is 4.74 Å². The maximum absolute atomic E-state index is 6.18. The molecule has 8 heteroatoms. The molecular formula is C23H21Cl3N2O3. The first-order chi connectivity index (χ1) is 15.0. The fourth-order valence-electron chi connectivity index (χ4n) is 6.29. The van der Waals surface area contributed by atoms with E-state index in [1.54, 1.807) is 12.1 Å². The Morgan fingerprint density at radius 1 is 0.903 bits per heavy atom. The Balaban J connectivity index is 1.19. The van der Waals surface area contributed by atoms with Crippen molar-refractivity contribution in [3.8, 4) is 17.4 Å². The summed E-state index contributed by atoms with van der Waals surface area (Å²) in [5.74, 6) is 5.17. The van der Waals surface area contributed by atoms with Gasteiger partial charge in [-0.2, -0.15) is 0 Å². The molecule has 0 radical (unpaired) electrons. The van der Waals surface area contributed by atoms with Crippen LogP contribution in [0.15, 0.2) is 33.1 Å². The van der Waals surface area contributed by atoms with Crippen LogP contribution >= 0.6 is 34.8 Å². The fourth-order valence-corrected chi connectivity index (χ4v) is 7.22. The van der Waals surface area contributed by atoms with Gasteiger partial charge in [-0.05, 0) is 80.5 Å². The number of ether oxygens (including phenoxy) is 1. The van der Waals surface area contributed by atoms with Crippen molar-refractivity contribution in [2.45, 2.75) is 50.5 Å². The monoisotopic (exact) mass is 478 g/mol. The van der Waals surface area contributed by atoms with Gasteiger partial charge in [0.2, 0.25) is 5.89 Å². The Kier molecular flexibility index (Phi) is 4.78. The molecule has 0 atom stereocenters. The molecule has 3 aromatic rings. The predicted octanol–water partition coefficient (Wildman–Crippen LogP) is 7.34. The van der Waals surface area contributed by atoms with Crippen LogP contribution in [0.4, 0.5) is 0 Å². The lowest BCUT2D eigenvalue weighted by molar-refractivity contribution is -0.0176. The number of nitrogens with zero attached hydrogens (tertiary/aromatic N) is 2. The third-order valence-corrected chi connectivity index (χ3v) is 7.89. The molecule has 2 aromatic heterocycles. The molecule has 4 fully saturated rings. The van der Waals surface area contributed by atoms with Crippen molar-refractivity contribution in [1.82, 2.24) is 10.2 Å². The molecule has 31 heavy (non-hydrogen) atoms. The second-order valence-electron chi connectivity index (χ2n) is 9.36. The smallest absolute Gasteiger partial charge is 0.283 e. The molecule has 4 saturated carbocycles. The van der Waals surface area contributed by atoms with E-state index in [1.165, 1.54) is 38.5 Å². The largest absolute Gasteiger partial charge is 0.483 e. The van der Waals surface area contributed by atoms with Crippen molar-refractivity contribution in [1.29, 1.82) is 0 Å². The number of furan rings is 1. The Morgan fingerprint density at radius 2 is 1.55 bits per heavy atom. The van der Waals surface area contributed by atoms with Crippen LogP contribution in [0.1, 0.15) is 50.2 Å². The van der Waals surface area contributed by atoms with Crippen molar-refractivity contribution in [3.05, 3.63) is 51.0 Å². The van der Waals surface area contributed by atoms with Crippen LogP contribution in [0.25, 0.3) is 11.7 Å². The number of halogens is 3. The van der Waals surface area contributed by atoms with Crippen LogP contribution in [0.5, 0.6) is 5.75 Å². The lowest BCUT2D eigenvalue weighted by Gasteiger charge is -2.55. The van der Waals surface area contributed by atoms with E-state index in [4.69, 9.17) is 48.4 Å². The summed E-state index contributed by atoms with van der Waals surface area (Å²) in [4.78, 5) is 0. The molecule has 0 aliphatic heterocycles. The van der Waals surface area contributed by atoms with Crippen LogP contribution in [-0.2, 0) is 12.0 Å². The minimum atomic E-state index is 0.0701. The molecule has 2 heterocycles. The van der Waals surface area contributed by atoms with Gasteiger partial charge < -0.3 is 13.6 Å². The molecule has 162 valence electrons. The lowest BCUT2D eigenvalue weighted by atomic mass is 9.49. The van der Waals surface area contributed by atoms with Gasteiger partial charge in [-0.3, -0.25) is 0 Å². The summed E-state index contributed by atoms with van der Waals surface area (Å²) in [5.41, 5.74) is 0.0701. The summed E-state index contributed by atoms with van der Waals surface area (Å²) in [6.45, 7) is 0.164. The standard InChI is InChI=1S/C23H21Cl3N2O3/c24-15-6-17(25)20(18(26)7-15)29-11-16-1-2-19(30-16)21-27-28-22(31-21)23-8-12-3-13(9-23)5-14(4-12)10-23/h1-2,6-7,12-14H,3-5,8-11H2. The average molecular weight is 480 g/mol. The Bertz CT molecular complexity index is 1080. The fraction of sp³-hybridized carbons (Fsp3) is 0.478. The molecule has 0 amide bonds. The van der Waals surface area contributed by atoms with E-state index in [1.807, 2.05) is 12.1 Å². The van der Waals surface area contributed by atoms with Gasteiger partial charge in [0.25, 0.3) is 5.89 Å². The van der Waals surface area contributed by atoms with Crippen molar-refractivity contribution in [3.63, 3.8) is 0 Å². The summed E-state index contributed by atoms with van der Waals surface area (Å²) < 4.78 is 17.8. The molecule has 0 saturated heterocycles. The first kappa shape index (κ1) is 20.0. The van der Waals surface area contributed by atoms with Gasteiger partial charge >= 0.3 is 0 Å². The molecule has 4 aliphatic rings. The molecule has 0 N–H and O–H groups in total. The first-order valence-electron chi connectivity index (χ1n) is 10.7. The van der Waals surface area contributed by atoms with E-state index in [9.17, 15) is 0 Å². The van der Waals surface area contributed by atoms with Gasteiger partial charge in [0.1, 0.15) is 12.4 Å². The zero-order valence-corrected chi connectivity index (χ0v) is 19.0. The van der Waals surface area contributed by atoms with Crippen LogP contribution in [0.2, 0.25) is 15.1 Å². The van der Waals surface area contributed by atoms with E-state index in [0.29, 0.717) is 38.2 Å². The van der Waals surface area contributed by atoms with Gasteiger partial charge in [-0.1, -0.05) is 34.8 Å². The average Bonchev–Trinajstić information content (AvgIpc) is 3.36.